The predicted octanol–water partition coefficient (Wildman–Crippen LogP) is -2.46. The fourth-order valence-electron chi connectivity index (χ4n) is 6.13. The van der Waals surface area contributed by atoms with Crippen molar-refractivity contribution >= 4 is 5.97 Å². The van der Waals surface area contributed by atoms with Gasteiger partial charge in [-0.05, 0) is 31.9 Å². The summed E-state index contributed by atoms with van der Waals surface area (Å²) in [5, 5.41) is 81.5. The molecule has 13 atom stereocenters. The van der Waals surface area contributed by atoms with Gasteiger partial charge in [-0.1, -0.05) is 13.0 Å². The number of aliphatic carboxylic acids is 1. The molecule has 0 spiro atoms. The molecule has 2 bridgehead atoms. The number of hydrogen-bond acceptors (Lipinski definition) is 13. The molecular formula is C26H40O14. The number of carboxylic acids is 1. The molecule has 8 N–H and O–H groups in total. The molecule has 3 aliphatic heterocycles. The van der Waals surface area contributed by atoms with E-state index < -0.39 is 97.2 Å². The fraction of sp³-hybridized carbons (Fsp3) is 0.808. The third-order valence-electron chi connectivity index (χ3n) is 8.59. The van der Waals surface area contributed by atoms with Crippen LogP contribution in [0.4, 0.5) is 0 Å². The summed E-state index contributed by atoms with van der Waals surface area (Å²) < 4.78 is 28.5. The number of aliphatic hydroxyl groups is 7. The van der Waals surface area contributed by atoms with Crippen LogP contribution >= 0.6 is 0 Å². The molecule has 14 heteroatoms. The average molecular weight is 577 g/mol. The number of carboxylic acid groups (broad SMARTS) is 1. The smallest absolute Gasteiger partial charge is 0.328 e. The molecule has 0 amide bonds. The molecule has 0 radical (unpaired) electrons. The van der Waals surface area contributed by atoms with Crippen LogP contribution in [0.1, 0.15) is 33.6 Å². The van der Waals surface area contributed by atoms with Crippen molar-refractivity contribution in [2.24, 2.45) is 5.41 Å². The average Bonchev–Trinajstić information content (AvgIpc) is 3.19. The number of allylic oxidation sites excluding steroid dienone is 2. The molecule has 3 saturated heterocycles. The number of fused-ring (bicyclic) bond motifs is 2. The second-order valence-corrected chi connectivity index (χ2v) is 11.6. The van der Waals surface area contributed by atoms with Gasteiger partial charge in [-0.2, -0.15) is 0 Å². The molecule has 1 aliphatic carbocycles. The molecule has 14 nitrogen and oxygen atoms in total. The molecule has 0 unspecified atom stereocenters. The Morgan fingerprint density at radius 1 is 0.950 bits per heavy atom. The van der Waals surface area contributed by atoms with Crippen LogP contribution in [0, 0.1) is 5.41 Å². The summed E-state index contributed by atoms with van der Waals surface area (Å²) in [6.45, 7) is 4.35. The topological polar surface area (TPSA) is 225 Å². The van der Waals surface area contributed by atoms with Crippen molar-refractivity contribution < 1.29 is 69.3 Å². The molecule has 0 aromatic rings. The zero-order valence-corrected chi connectivity index (χ0v) is 22.6. The standard InChI is InChI=1S/C26H40O14/c1-12(6-16(28)29)4-5-26(35)24(2)7-13(8-25(26,3)37-11-24)38-23-21(34)19(32)18(31)15(40-23)10-36-22-20(33)17(30)14(9-27)39-22/h4-6,13-15,17-23,27,30-35H,7-11H2,1-3H3,(H,28,29)/b5-4+,12-6-/t13-,14+,15+,17+,18+,19-,20+,21+,22+,23+,24+,25+,26-/m0/s1. The van der Waals surface area contributed by atoms with Crippen LogP contribution in [-0.2, 0) is 28.5 Å². The van der Waals surface area contributed by atoms with Crippen molar-refractivity contribution in [3.05, 3.63) is 23.8 Å². The van der Waals surface area contributed by atoms with Crippen molar-refractivity contribution in [1.82, 2.24) is 0 Å². The Hall–Kier alpha value is -1.53. The quantitative estimate of drug-likeness (QED) is 0.105. The number of carbonyl (C=O) groups is 1. The van der Waals surface area contributed by atoms with Crippen molar-refractivity contribution in [2.75, 3.05) is 19.8 Å². The highest BCUT2D eigenvalue weighted by Crippen LogP contribution is 2.58. The van der Waals surface area contributed by atoms with E-state index in [1.54, 1.807) is 19.9 Å². The molecule has 0 aromatic heterocycles. The summed E-state index contributed by atoms with van der Waals surface area (Å²) in [6, 6.07) is 0. The first-order valence-corrected chi connectivity index (χ1v) is 13.2. The van der Waals surface area contributed by atoms with Crippen LogP contribution in [-0.4, -0.2) is 139 Å². The van der Waals surface area contributed by atoms with Crippen LogP contribution in [0.2, 0.25) is 0 Å². The van der Waals surface area contributed by atoms with Crippen LogP contribution in [0.5, 0.6) is 0 Å². The van der Waals surface area contributed by atoms with E-state index in [-0.39, 0.29) is 19.4 Å². The van der Waals surface area contributed by atoms with Gasteiger partial charge in [0, 0.05) is 17.9 Å². The van der Waals surface area contributed by atoms with E-state index in [2.05, 4.69) is 0 Å². The van der Waals surface area contributed by atoms with Gasteiger partial charge in [0.05, 0.1) is 25.9 Å². The number of aliphatic hydroxyl groups excluding tert-OH is 6. The predicted molar refractivity (Wildman–Crippen MR) is 132 cm³/mol. The minimum atomic E-state index is -1.66. The minimum Gasteiger partial charge on any atom is -0.478 e. The Balaban J connectivity index is 1.43. The Labute approximate surface area is 231 Å². The number of rotatable bonds is 9. The SMILES string of the molecule is CC(=C/C(=O)O)/C=C/[C@]1(O)[C@@]2(C)CO[C@]1(C)C[C@@H](O[C@@H]1O[C@H](CO[C@@H]3O[C@H](CO)[C@@H](O)[C@H]3O)[C@@H](O)[C@H](O)[C@H]1O)C2. The molecule has 4 rings (SSSR count). The summed E-state index contributed by atoms with van der Waals surface area (Å²) >= 11 is 0. The van der Waals surface area contributed by atoms with E-state index in [4.69, 9.17) is 28.8 Å². The Kier molecular flexibility index (Phi) is 9.13. The lowest BCUT2D eigenvalue weighted by atomic mass is 9.59. The number of hydrogen-bond donors (Lipinski definition) is 8. The van der Waals surface area contributed by atoms with Gasteiger partial charge in [-0.15, -0.1) is 0 Å². The monoisotopic (exact) mass is 576 g/mol. The molecule has 4 fully saturated rings. The van der Waals surface area contributed by atoms with Gasteiger partial charge in [0.1, 0.15) is 53.9 Å². The largest absolute Gasteiger partial charge is 0.478 e. The maximum Gasteiger partial charge on any atom is 0.328 e. The zero-order chi connectivity index (χ0) is 29.6. The molecule has 228 valence electrons. The highest BCUT2D eigenvalue weighted by atomic mass is 16.7. The van der Waals surface area contributed by atoms with Crippen LogP contribution < -0.4 is 0 Å². The van der Waals surface area contributed by atoms with Gasteiger partial charge < -0.3 is 64.5 Å². The van der Waals surface area contributed by atoms with Crippen LogP contribution in [0.3, 0.4) is 0 Å². The maximum atomic E-state index is 11.7. The highest BCUT2D eigenvalue weighted by molar-refractivity contribution is 5.81. The normalized spacial score (nSPS) is 49.6. The summed E-state index contributed by atoms with van der Waals surface area (Å²) in [5.74, 6) is -1.11. The van der Waals surface area contributed by atoms with Crippen LogP contribution in [0.25, 0.3) is 0 Å². The lowest BCUT2D eigenvalue weighted by molar-refractivity contribution is -0.326. The molecule has 4 aliphatic rings. The van der Waals surface area contributed by atoms with Crippen molar-refractivity contribution in [1.29, 1.82) is 0 Å². The molecule has 40 heavy (non-hydrogen) atoms. The van der Waals surface area contributed by atoms with Crippen molar-refractivity contribution in [2.45, 2.75) is 106 Å². The minimum absolute atomic E-state index is 0.167. The second-order valence-electron chi connectivity index (χ2n) is 11.6. The first kappa shape index (κ1) is 31.4. The Morgan fingerprint density at radius 3 is 2.17 bits per heavy atom. The first-order chi connectivity index (χ1) is 18.6. The molecule has 3 heterocycles. The fourth-order valence-corrected chi connectivity index (χ4v) is 6.13. The van der Waals surface area contributed by atoms with E-state index >= 15 is 0 Å². The van der Waals surface area contributed by atoms with Gasteiger partial charge in [0.2, 0.25) is 0 Å². The van der Waals surface area contributed by atoms with Gasteiger partial charge in [-0.3, -0.25) is 0 Å². The van der Waals surface area contributed by atoms with Crippen molar-refractivity contribution in [3.63, 3.8) is 0 Å². The maximum absolute atomic E-state index is 11.7. The lowest BCUT2D eigenvalue weighted by Gasteiger charge is -2.51. The first-order valence-electron chi connectivity index (χ1n) is 13.2. The zero-order valence-electron chi connectivity index (χ0n) is 22.6. The summed E-state index contributed by atoms with van der Waals surface area (Å²) in [6.07, 6.45) is -8.77. The Morgan fingerprint density at radius 2 is 1.57 bits per heavy atom. The highest BCUT2D eigenvalue weighted by Gasteiger charge is 2.67. The van der Waals surface area contributed by atoms with Gasteiger partial charge >= 0.3 is 5.97 Å². The third kappa shape index (κ3) is 5.61. The van der Waals surface area contributed by atoms with E-state index in [9.17, 15) is 40.5 Å². The van der Waals surface area contributed by atoms with E-state index in [0.717, 1.165) is 6.08 Å². The second kappa shape index (κ2) is 11.6. The van der Waals surface area contributed by atoms with Crippen molar-refractivity contribution in [3.8, 4) is 0 Å². The number of ether oxygens (including phenoxy) is 5. The molecular weight excluding hydrogens is 536 g/mol. The Bertz CT molecular complexity index is 966. The van der Waals surface area contributed by atoms with Gasteiger partial charge in [0.25, 0.3) is 0 Å². The third-order valence-corrected chi connectivity index (χ3v) is 8.59. The van der Waals surface area contributed by atoms with E-state index in [1.807, 2.05) is 6.92 Å². The lowest BCUT2D eigenvalue weighted by Crippen LogP contribution is -2.63. The van der Waals surface area contributed by atoms with Gasteiger partial charge in [0.15, 0.2) is 12.6 Å². The van der Waals surface area contributed by atoms with E-state index in [0.29, 0.717) is 5.57 Å². The summed E-state index contributed by atoms with van der Waals surface area (Å²) in [7, 11) is 0. The summed E-state index contributed by atoms with van der Waals surface area (Å²) in [4.78, 5) is 11.0. The van der Waals surface area contributed by atoms with Gasteiger partial charge in [-0.25, -0.2) is 4.79 Å². The molecule has 0 aromatic carbocycles. The van der Waals surface area contributed by atoms with Crippen LogP contribution in [0.15, 0.2) is 23.8 Å². The summed E-state index contributed by atoms with van der Waals surface area (Å²) in [5.41, 5.74) is -3.02. The molecule has 1 saturated carbocycles. The van der Waals surface area contributed by atoms with E-state index in [1.165, 1.54) is 6.08 Å².